The first-order valence-corrected chi connectivity index (χ1v) is 12.6. The zero-order valence-corrected chi connectivity index (χ0v) is 20.5. The summed E-state index contributed by atoms with van der Waals surface area (Å²) in [5, 5.41) is 0. The normalized spacial score (nSPS) is 20.4. The van der Waals surface area contributed by atoms with Crippen LogP contribution in [0.15, 0.2) is 84.4 Å². The van der Waals surface area contributed by atoms with Crippen molar-refractivity contribution in [3.63, 3.8) is 0 Å². The maximum atomic E-state index is 13.3. The maximum absolute atomic E-state index is 13.3. The second-order valence-electron chi connectivity index (χ2n) is 9.87. The molecule has 5 nitrogen and oxygen atoms in total. The summed E-state index contributed by atoms with van der Waals surface area (Å²) in [5.41, 5.74) is 6.42. The Morgan fingerprint density at radius 2 is 1.66 bits per heavy atom. The van der Waals surface area contributed by atoms with Gasteiger partial charge in [0, 0.05) is 5.92 Å². The molecule has 1 aliphatic carbocycles. The van der Waals surface area contributed by atoms with Crippen molar-refractivity contribution in [1.82, 2.24) is 4.90 Å². The van der Waals surface area contributed by atoms with Crippen LogP contribution in [-0.4, -0.2) is 49.3 Å². The van der Waals surface area contributed by atoms with Gasteiger partial charge in [0.05, 0.1) is 25.3 Å². The molecular formula is C30H26F3NO4. The minimum absolute atomic E-state index is 0.0236. The molecule has 1 fully saturated rings. The van der Waals surface area contributed by atoms with Crippen molar-refractivity contribution >= 4 is 6.09 Å². The highest BCUT2D eigenvalue weighted by Gasteiger charge is 2.39. The molecule has 8 heteroatoms. The van der Waals surface area contributed by atoms with E-state index >= 15 is 0 Å². The minimum atomic E-state index is -4.74. The fourth-order valence-electron chi connectivity index (χ4n) is 5.88. The van der Waals surface area contributed by atoms with Gasteiger partial charge >= 0.3 is 12.5 Å². The fraction of sp³-hybridized carbons (Fsp3) is 0.300. The molecule has 2 bridgehead atoms. The van der Waals surface area contributed by atoms with E-state index in [1.807, 2.05) is 30.3 Å². The second kappa shape index (κ2) is 9.83. The molecule has 2 heterocycles. The highest BCUT2D eigenvalue weighted by atomic mass is 19.4. The molecule has 0 radical (unpaired) electrons. The van der Waals surface area contributed by atoms with Crippen molar-refractivity contribution in [1.29, 1.82) is 0 Å². The molecule has 3 aromatic carbocycles. The topological polar surface area (TPSA) is 48.0 Å². The summed E-state index contributed by atoms with van der Waals surface area (Å²) in [4.78, 5) is 15.1. The molecule has 2 aliphatic heterocycles. The Morgan fingerprint density at radius 3 is 2.34 bits per heavy atom. The van der Waals surface area contributed by atoms with Gasteiger partial charge in [-0.05, 0) is 52.8 Å². The van der Waals surface area contributed by atoms with Gasteiger partial charge in [0.1, 0.15) is 12.4 Å². The maximum Gasteiger partial charge on any atom is 0.573 e. The summed E-state index contributed by atoms with van der Waals surface area (Å²) in [7, 11) is 0. The van der Waals surface area contributed by atoms with Crippen LogP contribution in [0.4, 0.5) is 18.0 Å². The predicted octanol–water partition coefficient (Wildman–Crippen LogP) is 6.48. The van der Waals surface area contributed by atoms with Crippen LogP contribution in [0.5, 0.6) is 5.75 Å². The van der Waals surface area contributed by atoms with Crippen LogP contribution in [0.3, 0.4) is 0 Å². The largest absolute Gasteiger partial charge is 0.573 e. The fourth-order valence-corrected chi connectivity index (χ4v) is 5.88. The summed E-state index contributed by atoms with van der Waals surface area (Å²) < 4.78 is 53.5. The van der Waals surface area contributed by atoms with Crippen molar-refractivity contribution in [2.24, 2.45) is 0 Å². The van der Waals surface area contributed by atoms with Crippen LogP contribution in [0.2, 0.25) is 0 Å². The monoisotopic (exact) mass is 521 g/mol. The number of halogens is 3. The van der Waals surface area contributed by atoms with E-state index in [-0.39, 0.29) is 36.5 Å². The zero-order valence-electron chi connectivity index (χ0n) is 20.5. The van der Waals surface area contributed by atoms with Gasteiger partial charge in [0.15, 0.2) is 0 Å². The van der Waals surface area contributed by atoms with E-state index in [0.717, 1.165) is 16.7 Å². The second-order valence-corrected chi connectivity index (χ2v) is 9.87. The number of ether oxygens (including phenoxy) is 3. The number of hydrogen-bond acceptors (Lipinski definition) is 4. The molecule has 2 atom stereocenters. The van der Waals surface area contributed by atoms with Crippen LogP contribution in [-0.2, 0) is 15.9 Å². The van der Waals surface area contributed by atoms with Crippen molar-refractivity contribution in [2.45, 2.75) is 37.2 Å². The van der Waals surface area contributed by atoms with Crippen molar-refractivity contribution in [3.8, 4) is 16.9 Å². The van der Waals surface area contributed by atoms with Crippen LogP contribution in [0.1, 0.15) is 29.0 Å². The lowest BCUT2D eigenvalue weighted by Crippen LogP contribution is -2.56. The molecule has 0 spiro atoms. The van der Waals surface area contributed by atoms with Crippen LogP contribution in [0.25, 0.3) is 11.1 Å². The lowest BCUT2D eigenvalue weighted by molar-refractivity contribution is -0.274. The number of carbonyl (C=O) groups excluding carboxylic acids is 1. The highest BCUT2D eigenvalue weighted by Crippen LogP contribution is 2.44. The average molecular weight is 522 g/mol. The van der Waals surface area contributed by atoms with E-state index in [9.17, 15) is 18.0 Å². The smallest absolute Gasteiger partial charge is 0.448 e. The molecule has 3 aromatic rings. The third-order valence-electron chi connectivity index (χ3n) is 7.39. The van der Waals surface area contributed by atoms with Crippen molar-refractivity contribution in [2.75, 3.05) is 19.8 Å². The standard InChI is InChI=1S/C30H26F3NO4/c31-30(32,33)38-23-7-5-6-19(15-23)12-20-13-21-16-36-17-22(14-20)34(21)29(35)37-18-28-26-10-3-1-8-24(26)25-9-2-4-11-27(25)28/h1-11,13,15,21-22,28H,12,14,16-18H2. The molecule has 38 heavy (non-hydrogen) atoms. The molecule has 1 saturated heterocycles. The zero-order chi connectivity index (χ0) is 26.3. The number of amides is 1. The van der Waals surface area contributed by atoms with E-state index in [2.05, 4.69) is 29.0 Å². The van der Waals surface area contributed by atoms with Crippen LogP contribution < -0.4 is 4.74 Å². The Balaban J connectivity index is 1.15. The first-order valence-electron chi connectivity index (χ1n) is 12.6. The number of hydrogen-bond donors (Lipinski definition) is 0. The van der Waals surface area contributed by atoms with Gasteiger partial charge in [-0.2, -0.15) is 0 Å². The Kier molecular flexibility index (Phi) is 6.35. The van der Waals surface area contributed by atoms with Crippen molar-refractivity contribution in [3.05, 3.63) is 101 Å². The third-order valence-corrected chi connectivity index (χ3v) is 7.39. The van der Waals surface area contributed by atoms with E-state index in [4.69, 9.17) is 9.47 Å². The number of fused-ring (bicyclic) bond motifs is 5. The predicted molar refractivity (Wildman–Crippen MR) is 135 cm³/mol. The first-order chi connectivity index (χ1) is 18.4. The number of nitrogens with zero attached hydrogens (tertiary/aromatic N) is 1. The number of benzene rings is 3. The summed E-state index contributed by atoms with van der Waals surface area (Å²) in [6, 6.07) is 21.9. The summed E-state index contributed by atoms with van der Waals surface area (Å²) >= 11 is 0. The number of alkyl halides is 3. The number of morpholine rings is 1. The van der Waals surface area contributed by atoms with Gasteiger partial charge in [0.2, 0.25) is 0 Å². The molecule has 3 aliphatic rings. The summed E-state index contributed by atoms with van der Waals surface area (Å²) in [6.07, 6.45) is -2.10. The Bertz CT molecular complexity index is 1340. The van der Waals surface area contributed by atoms with E-state index in [0.29, 0.717) is 31.6 Å². The SMILES string of the molecule is O=C(OCC1c2ccccc2-c2ccccc21)N1C2C=C(Cc3cccc(OC(F)(F)F)c3)CC1COC2. The van der Waals surface area contributed by atoms with E-state index in [1.165, 1.54) is 23.3 Å². The molecule has 2 unspecified atom stereocenters. The van der Waals surface area contributed by atoms with Gasteiger partial charge in [-0.1, -0.05) is 72.3 Å². The first kappa shape index (κ1) is 24.6. The quantitative estimate of drug-likeness (QED) is 0.361. The molecule has 0 N–H and O–H groups in total. The Hall–Kier alpha value is -3.78. The number of carbonyl (C=O) groups is 1. The molecule has 0 saturated carbocycles. The molecule has 1 amide bonds. The highest BCUT2D eigenvalue weighted by molar-refractivity contribution is 5.79. The van der Waals surface area contributed by atoms with Gasteiger partial charge < -0.3 is 14.2 Å². The minimum Gasteiger partial charge on any atom is -0.448 e. The summed E-state index contributed by atoms with van der Waals surface area (Å²) in [6.45, 7) is 0.975. The average Bonchev–Trinajstić information content (AvgIpc) is 3.20. The molecule has 0 aromatic heterocycles. The summed E-state index contributed by atoms with van der Waals surface area (Å²) in [5.74, 6) is -0.264. The van der Waals surface area contributed by atoms with Gasteiger partial charge in [0.25, 0.3) is 0 Å². The van der Waals surface area contributed by atoms with Gasteiger partial charge in [-0.3, -0.25) is 4.90 Å². The Labute approximate surface area is 218 Å². The van der Waals surface area contributed by atoms with E-state index < -0.39 is 6.36 Å². The van der Waals surface area contributed by atoms with Crippen LogP contribution >= 0.6 is 0 Å². The van der Waals surface area contributed by atoms with Crippen molar-refractivity contribution < 1.29 is 32.2 Å². The molecule has 6 rings (SSSR count). The van der Waals surface area contributed by atoms with Crippen LogP contribution in [0, 0.1) is 0 Å². The Morgan fingerprint density at radius 1 is 0.947 bits per heavy atom. The molecule has 196 valence electrons. The lowest BCUT2D eigenvalue weighted by Gasteiger charge is -2.44. The molecular weight excluding hydrogens is 495 g/mol. The number of rotatable bonds is 5. The lowest BCUT2D eigenvalue weighted by atomic mass is 9.90. The van der Waals surface area contributed by atoms with Gasteiger partial charge in [-0.25, -0.2) is 4.79 Å². The van der Waals surface area contributed by atoms with Gasteiger partial charge in [-0.15, -0.1) is 13.2 Å². The third kappa shape index (κ3) is 4.88. The van der Waals surface area contributed by atoms with E-state index in [1.54, 1.807) is 17.0 Å².